The summed E-state index contributed by atoms with van der Waals surface area (Å²) in [5.74, 6) is 0.399. The Hall–Kier alpha value is -1.07. The highest BCUT2D eigenvalue weighted by Gasteiger charge is 2.37. The van der Waals surface area contributed by atoms with Crippen molar-refractivity contribution < 1.29 is 19.5 Å². The number of fused-ring (bicyclic) bond motifs is 1. The third-order valence-electron chi connectivity index (χ3n) is 6.86. The van der Waals surface area contributed by atoms with Crippen LogP contribution in [0, 0.1) is 5.92 Å². The summed E-state index contributed by atoms with van der Waals surface area (Å²) in [6, 6.07) is 6.46. The van der Waals surface area contributed by atoms with Crippen LogP contribution in [-0.2, 0) is 15.7 Å². The molecule has 4 nitrogen and oxygen atoms in total. The second-order valence-corrected chi connectivity index (χ2v) is 10.6. The van der Waals surface area contributed by atoms with Crippen LogP contribution in [0.2, 0.25) is 0 Å². The monoisotopic (exact) mass is 400 g/mol. The van der Waals surface area contributed by atoms with Crippen molar-refractivity contribution in [2.75, 3.05) is 0 Å². The summed E-state index contributed by atoms with van der Waals surface area (Å²) in [5, 5.41) is 20.6. The van der Waals surface area contributed by atoms with Crippen molar-refractivity contribution in [1.29, 1.82) is 0 Å². The van der Waals surface area contributed by atoms with Gasteiger partial charge in [-0.05, 0) is 78.9 Å². The molecule has 6 heteroatoms. The van der Waals surface area contributed by atoms with Crippen molar-refractivity contribution in [2.45, 2.75) is 91.1 Å². The summed E-state index contributed by atoms with van der Waals surface area (Å²) in [6.07, 6.45) is 3.19. The van der Waals surface area contributed by atoms with Crippen molar-refractivity contribution in [3.8, 4) is 0 Å². The molecule has 1 aromatic rings. The molecule has 160 valence electrons. The first-order valence-electron chi connectivity index (χ1n) is 10.6. The minimum absolute atomic E-state index is 0.399. The molecule has 2 rings (SSSR count). The standard InChI is InChI=1S/C23H38B2O4/c1-15-12-16-10-11-18(24-28-22(6,7)20(2,3)26)13-17(16)14-19(15)25-29-23(8,9)21(4,5)27/h10-11,13-15,24-27H,12H2,1-9H3. The van der Waals surface area contributed by atoms with E-state index in [2.05, 4.69) is 31.2 Å². The van der Waals surface area contributed by atoms with E-state index in [4.69, 9.17) is 9.31 Å². The lowest BCUT2D eigenvalue weighted by atomic mass is 9.69. The van der Waals surface area contributed by atoms with E-state index in [0.29, 0.717) is 20.9 Å². The smallest absolute Gasteiger partial charge is 0.309 e. The van der Waals surface area contributed by atoms with Gasteiger partial charge in [-0.15, -0.1) is 0 Å². The van der Waals surface area contributed by atoms with Crippen LogP contribution in [0.3, 0.4) is 0 Å². The largest absolute Gasteiger partial charge is 0.427 e. The zero-order valence-corrected chi connectivity index (χ0v) is 19.7. The lowest BCUT2D eigenvalue weighted by Crippen LogP contribution is -2.49. The minimum atomic E-state index is -0.922. The highest BCUT2D eigenvalue weighted by atomic mass is 16.5. The molecule has 0 radical (unpaired) electrons. The molecule has 0 aromatic heterocycles. The molecule has 0 spiro atoms. The normalized spacial score (nSPS) is 18.2. The molecule has 0 amide bonds. The quantitative estimate of drug-likeness (QED) is 0.659. The molecule has 0 saturated heterocycles. The third kappa shape index (κ3) is 5.75. The van der Waals surface area contributed by atoms with Gasteiger partial charge in [0.05, 0.1) is 22.4 Å². The molecule has 1 aliphatic carbocycles. The van der Waals surface area contributed by atoms with Crippen LogP contribution >= 0.6 is 0 Å². The Balaban J connectivity index is 2.15. The highest BCUT2D eigenvalue weighted by molar-refractivity contribution is 6.47. The number of hydrogen-bond acceptors (Lipinski definition) is 4. The van der Waals surface area contributed by atoms with E-state index < -0.39 is 22.4 Å². The Morgan fingerprint density at radius 2 is 1.38 bits per heavy atom. The van der Waals surface area contributed by atoms with E-state index >= 15 is 0 Å². The van der Waals surface area contributed by atoms with Crippen LogP contribution in [0.25, 0.3) is 6.08 Å². The van der Waals surface area contributed by atoms with Crippen LogP contribution in [0.15, 0.2) is 23.7 Å². The summed E-state index contributed by atoms with van der Waals surface area (Å²) in [6.45, 7) is 17.0. The summed E-state index contributed by atoms with van der Waals surface area (Å²) in [4.78, 5) is 0. The van der Waals surface area contributed by atoms with E-state index in [-0.39, 0.29) is 0 Å². The average molecular weight is 400 g/mol. The molecule has 1 unspecified atom stereocenters. The number of allylic oxidation sites excluding steroid dienone is 1. The molecule has 1 atom stereocenters. The molecule has 0 saturated carbocycles. The molecule has 0 fully saturated rings. The predicted octanol–water partition coefficient (Wildman–Crippen LogP) is 2.68. The summed E-state index contributed by atoms with van der Waals surface area (Å²) in [5.41, 5.74) is 1.74. The average Bonchev–Trinajstić information content (AvgIpc) is 2.56. The van der Waals surface area contributed by atoms with E-state index in [1.807, 2.05) is 27.7 Å². The Kier molecular flexibility index (Phi) is 6.86. The zero-order chi connectivity index (χ0) is 22.3. The lowest BCUT2D eigenvalue weighted by molar-refractivity contribution is -0.0898. The Morgan fingerprint density at radius 1 is 0.862 bits per heavy atom. The van der Waals surface area contributed by atoms with Gasteiger partial charge in [0, 0.05) is 0 Å². The van der Waals surface area contributed by atoms with Crippen LogP contribution in [0.5, 0.6) is 0 Å². The second-order valence-electron chi connectivity index (χ2n) is 10.6. The van der Waals surface area contributed by atoms with E-state index in [1.54, 1.807) is 27.7 Å². The molecular weight excluding hydrogens is 362 g/mol. The molecule has 0 aliphatic heterocycles. The first kappa shape index (κ1) is 24.2. The van der Waals surface area contributed by atoms with Gasteiger partial charge in [-0.3, -0.25) is 0 Å². The summed E-state index contributed by atoms with van der Waals surface area (Å²) >= 11 is 0. The summed E-state index contributed by atoms with van der Waals surface area (Å²) in [7, 11) is 0.954. The SMILES string of the molecule is CC1Cc2ccc(BOC(C)(C)C(C)(C)O)cc2C=C1BOC(C)(C)C(C)(C)O. The van der Waals surface area contributed by atoms with Gasteiger partial charge in [-0.25, -0.2) is 0 Å². The van der Waals surface area contributed by atoms with E-state index in [9.17, 15) is 10.2 Å². The van der Waals surface area contributed by atoms with Crippen LogP contribution in [0.1, 0.15) is 73.4 Å². The fourth-order valence-electron chi connectivity index (χ4n) is 2.92. The molecule has 2 N–H and O–H groups in total. The van der Waals surface area contributed by atoms with Gasteiger partial charge in [0.15, 0.2) is 0 Å². The van der Waals surface area contributed by atoms with Crippen molar-refractivity contribution in [3.05, 3.63) is 34.8 Å². The lowest BCUT2D eigenvalue weighted by Gasteiger charge is -2.38. The maximum Gasteiger partial charge on any atom is 0.309 e. The predicted molar refractivity (Wildman–Crippen MR) is 124 cm³/mol. The first-order chi connectivity index (χ1) is 13.0. The van der Waals surface area contributed by atoms with Crippen LogP contribution in [-0.4, -0.2) is 47.6 Å². The van der Waals surface area contributed by atoms with Gasteiger partial charge in [-0.2, -0.15) is 0 Å². The number of benzene rings is 1. The second kappa shape index (κ2) is 8.22. The molecule has 1 aliphatic rings. The van der Waals surface area contributed by atoms with Crippen LogP contribution in [0.4, 0.5) is 0 Å². The Bertz CT molecular complexity index is 755. The fourth-order valence-corrected chi connectivity index (χ4v) is 2.92. The molecule has 0 heterocycles. The van der Waals surface area contributed by atoms with E-state index in [1.165, 1.54) is 16.6 Å². The minimum Gasteiger partial charge on any atom is -0.427 e. The molecule has 1 aromatic carbocycles. The highest BCUT2D eigenvalue weighted by Crippen LogP contribution is 2.31. The fraction of sp³-hybridized carbons (Fsp3) is 0.652. The Labute approximate surface area is 178 Å². The van der Waals surface area contributed by atoms with Crippen molar-refractivity contribution in [3.63, 3.8) is 0 Å². The van der Waals surface area contributed by atoms with Crippen molar-refractivity contribution >= 4 is 26.5 Å². The van der Waals surface area contributed by atoms with Crippen LogP contribution < -0.4 is 5.46 Å². The first-order valence-corrected chi connectivity index (χ1v) is 10.6. The maximum absolute atomic E-state index is 10.3. The van der Waals surface area contributed by atoms with Gasteiger partial charge < -0.3 is 19.5 Å². The van der Waals surface area contributed by atoms with Gasteiger partial charge in [-0.1, -0.05) is 42.1 Å². The van der Waals surface area contributed by atoms with Crippen molar-refractivity contribution in [2.24, 2.45) is 5.92 Å². The third-order valence-corrected chi connectivity index (χ3v) is 6.86. The molecular formula is C23H38B2O4. The van der Waals surface area contributed by atoms with E-state index in [0.717, 1.165) is 11.9 Å². The number of aliphatic hydroxyl groups is 2. The topological polar surface area (TPSA) is 58.9 Å². The molecule has 29 heavy (non-hydrogen) atoms. The van der Waals surface area contributed by atoms with Gasteiger partial charge in [0.1, 0.15) is 0 Å². The van der Waals surface area contributed by atoms with Crippen molar-refractivity contribution in [1.82, 2.24) is 0 Å². The maximum atomic E-state index is 10.3. The summed E-state index contributed by atoms with van der Waals surface area (Å²) < 4.78 is 12.1. The number of rotatable bonds is 8. The zero-order valence-electron chi connectivity index (χ0n) is 19.7. The van der Waals surface area contributed by atoms with Gasteiger partial charge in [0.25, 0.3) is 0 Å². The van der Waals surface area contributed by atoms with Gasteiger partial charge in [0.2, 0.25) is 0 Å². The van der Waals surface area contributed by atoms with Gasteiger partial charge >= 0.3 is 15.0 Å². The molecule has 0 bridgehead atoms. The Morgan fingerprint density at radius 3 is 1.90 bits per heavy atom. The number of hydrogen-bond donors (Lipinski definition) is 2.